The van der Waals surface area contributed by atoms with Crippen molar-refractivity contribution < 1.29 is 19.6 Å². The van der Waals surface area contributed by atoms with Crippen molar-refractivity contribution in [2.45, 2.75) is 44.7 Å². The molecular weight excluding hydrogens is 326 g/mol. The Kier molecular flexibility index (Phi) is 6.46. The number of aliphatic carboxylic acids is 1. The van der Waals surface area contributed by atoms with Crippen molar-refractivity contribution in [2.24, 2.45) is 0 Å². The molecule has 1 aliphatic rings. The number of hydrogen-bond donors (Lipinski definition) is 2. The highest BCUT2D eigenvalue weighted by atomic mass is 16.6. The van der Waals surface area contributed by atoms with Gasteiger partial charge in [-0.15, -0.1) is 0 Å². The van der Waals surface area contributed by atoms with E-state index >= 15 is 0 Å². The van der Waals surface area contributed by atoms with Gasteiger partial charge in [-0.2, -0.15) is 0 Å². The van der Waals surface area contributed by atoms with E-state index < -0.39 is 10.9 Å². The lowest BCUT2D eigenvalue weighted by molar-refractivity contribution is -0.384. The predicted octanol–water partition coefficient (Wildman–Crippen LogP) is 1.58. The van der Waals surface area contributed by atoms with Crippen LogP contribution in [0.3, 0.4) is 0 Å². The van der Waals surface area contributed by atoms with Crippen molar-refractivity contribution in [3.63, 3.8) is 0 Å². The average Bonchev–Trinajstić information content (AvgIpc) is 2.54. The third-order valence-corrected chi connectivity index (χ3v) is 4.50. The van der Waals surface area contributed by atoms with Crippen LogP contribution in [0.25, 0.3) is 0 Å². The number of nitrogens with one attached hydrogen (secondary N) is 1. The zero-order chi connectivity index (χ0) is 18.4. The summed E-state index contributed by atoms with van der Waals surface area (Å²) in [5, 5.41) is 22.6. The van der Waals surface area contributed by atoms with Gasteiger partial charge in [0.2, 0.25) is 5.91 Å². The second-order valence-corrected chi connectivity index (χ2v) is 6.27. The molecule has 0 spiro atoms. The number of rotatable bonds is 9. The Hall–Kier alpha value is -2.48. The lowest BCUT2D eigenvalue weighted by Crippen LogP contribution is -2.54. The standard InChI is InChI=1S/C17H23N3O5/c1-2-19(11-17(22)23)15-9-13(10-15)18-16(21)7-6-12-4-3-5-14(8-12)20(24)25/h3-5,8,13,15H,2,6-7,9-11H2,1H3,(H,18,21)(H,22,23). The summed E-state index contributed by atoms with van der Waals surface area (Å²) in [6.45, 7) is 2.62. The normalized spacial score (nSPS) is 19.3. The van der Waals surface area contributed by atoms with Crippen molar-refractivity contribution in [3.8, 4) is 0 Å². The minimum Gasteiger partial charge on any atom is -0.480 e. The van der Waals surface area contributed by atoms with Crippen LogP contribution in [-0.2, 0) is 16.0 Å². The number of carbonyl (C=O) groups is 2. The number of non-ortho nitro benzene ring substituents is 1. The maximum absolute atomic E-state index is 12.0. The first kappa shape index (κ1) is 18.9. The molecular formula is C17H23N3O5. The van der Waals surface area contributed by atoms with E-state index in [9.17, 15) is 19.7 Å². The number of aryl methyl sites for hydroxylation is 1. The van der Waals surface area contributed by atoms with Crippen LogP contribution in [0, 0.1) is 10.1 Å². The second-order valence-electron chi connectivity index (χ2n) is 6.27. The summed E-state index contributed by atoms with van der Waals surface area (Å²) in [7, 11) is 0. The number of benzene rings is 1. The molecule has 0 aromatic heterocycles. The number of nitrogens with zero attached hydrogens (tertiary/aromatic N) is 2. The van der Waals surface area contributed by atoms with Crippen LogP contribution in [0.5, 0.6) is 0 Å². The molecule has 25 heavy (non-hydrogen) atoms. The average molecular weight is 349 g/mol. The largest absolute Gasteiger partial charge is 0.480 e. The Balaban J connectivity index is 1.72. The molecule has 0 bridgehead atoms. The Bertz CT molecular complexity index is 643. The van der Waals surface area contributed by atoms with Crippen LogP contribution in [0.15, 0.2) is 24.3 Å². The molecule has 2 rings (SSSR count). The molecule has 8 nitrogen and oxygen atoms in total. The van der Waals surface area contributed by atoms with E-state index in [1.807, 2.05) is 11.8 Å². The highest BCUT2D eigenvalue weighted by Crippen LogP contribution is 2.25. The summed E-state index contributed by atoms with van der Waals surface area (Å²) in [4.78, 5) is 35.0. The first-order chi connectivity index (χ1) is 11.9. The van der Waals surface area contributed by atoms with Crippen molar-refractivity contribution >= 4 is 17.6 Å². The molecule has 0 unspecified atom stereocenters. The Labute approximate surface area is 146 Å². The Morgan fingerprint density at radius 3 is 2.72 bits per heavy atom. The van der Waals surface area contributed by atoms with E-state index in [-0.39, 0.29) is 36.6 Å². The number of carbonyl (C=O) groups excluding carboxylic acids is 1. The van der Waals surface area contributed by atoms with Gasteiger partial charge in [0, 0.05) is 30.6 Å². The predicted molar refractivity (Wildman–Crippen MR) is 91.3 cm³/mol. The number of hydrogen-bond acceptors (Lipinski definition) is 5. The van der Waals surface area contributed by atoms with Gasteiger partial charge in [0.05, 0.1) is 11.5 Å². The molecule has 1 aromatic carbocycles. The second kappa shape index (κ2) is 8.57. The van der Waals surface area contributed by atoms with E-state index in [4.69, 9.17) is 5.11 Å². The molecule has 1 amide bonds. The lowest BCUT2D eigenvalue weighted by atomic mass is 9.85. The van der Waals surface area contributed by atoms with Crippen molar-refractivity contribution in [1.82, 2.24) is 10.2 Å². The van der Waals surface area contributed by atoms with Gasteiger partial charge >= 0.3 is 5.97 Å². The quantitative estimate of drug-likeness (QED) is 0.517. The molecule has 1 aliphatic carbocycles. The maximum atomic E-state index is 12.0. The number of likely N-dealkylation sites (N-methyl/N-ethyl adjacent to an activating group) is 1. The van der Waals surface area contributed by atoms with Crippen molar-refractivity contribution in [2.75, 3.05) is 13.1 Å². The topological polar surface area (TPSA) is 113 Å². The Morgan fingerprint density at radius 2 is 2.12 bits per heavy atom. The van der Waals surface area contributed by atoms with Crippen LogP contribution in [0.2, 0.25) is 0 Å². The third-order valence-electron chi connectivity index (χ3n) is 4.50. The zero-order valence-corrected chi connectivity index (χ0v) is 14.2. The van der Waals surface area contributed by atoms with Gasteiger partial charge < -0.3 is 10.4 Å². The van der Waals surface area contributed by atoms with Crippen LogP contribution in [0.4, 0.5) is 5.69 Å². The van der Waals surface area contributed by atoms with Gasteiger partial charge in [-0.05, 0) is 31.4 Å². The summed E-state index contributed by atoms with van der Waals surface area (Å²) in [5.41, 5.74) is 0.785. The summed E-state index contributed by atoms with van der Waals surface area (Å²) < 4.78 is 0. The molecule has 0 radical (unpaired) electrons. The highest BCUT2D eigenvalue weighted by Gasteiger charge is 2.34. The molecule has 1 fully saturated rings. The molecule has 2 N–H and O–H groups in total. The first-order valence-electron chi connectivity index (χ1n) is 8.37. The van der Waals surface area contributed by atoms with Crippen LogP contribution in [-0.4, -0.2) is 52.0 Å². The van der Waals surface area contributed by atoms with Gasteiger partial charge in [0.25, 0.3) is 5.69 Å². The van der Waals surface area contributed by atoms with Gasteiger partial charge in [0.1, 0.15) is 0 Å². The van der Waals surface area contributed by atoms with Gasteiger partial charge in [-0.3, -0.25) is 24.6 Å². The van der Waals surface area contributed by atoms with Gasteiger partial charge in [-0.25, -0.2) is 0 Å². The number of carboxylic acid groups (broad SMARTS) is 1. The lowest BCUT2D eigenvalue weighted by Gasteiger charge is -2.42. The van der Waals surface area contributed by atoms with Crippen LogP contribution < -0.4 is 5.32 Å². The number of carboxylic acids is 1. The zero-order valence-electron chi connectivity index (χ0n) is 14.2. The van der Waals surface area contributed by atoms with E-state index in [1.54, 1.807) is 12.1 Å². The third kappa shape index (κ3) is 5.53. The van der Waals surface area contributed by atoms with Crippen LogP contribution >= 0.6 is 0 Å². The maximum Gasteiger partial charge on any atom is 0.317 e. The van der Waals surface area contributed by atoms with E-state index in [0.717, 1.165) is 18.4 Å². The Morgan fingerprint density at radius 1 is 1.40 bits per heavy atom. The molecule has 0 heterocycles. The monoisotopic (exact) mass is 349 g/mol. The van der Waals surface area contributed by atoms with Gasteiger partial charge in [0.15, 0.2) is 0 Å². The van der Waals surface area contributed by atoms with Gasteiger partial charge in [-0.1, -0.05) is 19.1 Å². The SMILES string of the molecule is CCN(CC(=O)O)C1CC(NC(=O)CCc2cccc([N+](=O)[O-])c2)C1. The molecule has 1 aromatic rings. The smallest absolute Gasteiger partial charge is 0.317 e. The number of nitro benzene ring substituents is 1. The first-order valence-corrected chi connectivity index (χ1v) is 8.37. The summed E-state index contributed by atoms with van der Waals surface area (Å²) in [5.74, 6) is -0.928. The van der Waals surface area contributed by atoms with E-state index in [0.29, 0.717) is 13.0 Å². The number of amides is 1. The molecule has 8 heteroatoms. The minimum absolute atomic E-state index is 0.0224. The van der Waals surface area contributed by atoms with E-state index in [1.165, 1.54) is 12.1 Å². The number of nitro groups is 1. The van der Waals surface area contributed by atoms with Crippen molar-refractivity contribution in [1.29, 1.82) is 0 Å². The highest BCUT2D eigenvalue weighted by molar-refractivity contribution is 5.76. The summed E-state index contributed by atoms with van der Waals surface area (Å²) >= 11 is 0. The fourth-order valence-electron chi connectivity index (χ4n) is 3.06. The van der Waals surface area contributed by atoms with E-state index in [2.05, 4.69) is 5.32 Å². The van der Waals surface area contributed by atoms with Crippen LogP contribution in [0.1, 0.15) is 31.7 Å². The molecule has 0 aliphatic heterocycles. The molecule has 0 atom stereocenters. The molecule has 1 saturated carbocycles. The fourth-order valence-corrected chi connectivity index (χ4v) is 3.06. The summed E-state index contributed by atoms with van der Waals surface area (Å²) in [6, 6.07) is 6.56. The summed E-state index contributed by atoms with van der Waals surface area (Å²) in [6.07, 6.45) is 2.23. The minimum atomic E-state index is -0.841. The molecule has 136 valence electrons. The molecule has 0 saturated heterocycles. The van der Waals surface area contributed by atoms with Crippen molar-refractivity contribution in [3.05, 3.63) is 39.9 Å². The fraction of sp³-hybridized carbons (Fsp3) is 0.529.